The Morgan fingerprint density at radius 2 is 1.88 bits per heavy atom. The van der Waals surface area contributed by atoms with Gasteiger partial charge in [0.2, 0.25) is 11.8 Å². The number of nitrogens with zero attached hydrogens (tertiary/aromatic N) is 2. The normalized spacial score (nSPS) is 20.5. The average molecular weight is 342 g/mol. The van der Waals surface area contributed by atoms with Gasteiger partial charge in [-0.3, -0.25) is 9.59 Å². The topological polar surface area (TPSA) is 60.9 Å². The number of benzene rings is 1. The Morgan fingerprint density at radius 1 is 1.20 bits per heavy atom. The third kappa shape index (κ3) is 4.28. The lowest BCUT2D eigenvalue weighted by Gasteiger charge is -2.32. The molecule has 134 valence electrons. The van der Waals surface area contributed by atoms with Crippen molar-refractivity contribution in [3.63, 3.8) is 0 Å². The predicted octanol–water partition coefficient (Wildman–Crippen LogP) is 2.45. The van der Waals surface area contributed by atoms with E-state index in [2.05, 4.69) is 0 Å². The maximum absolute atomic E-state index is 12.3. The molecule has 2 heterocycles. The van der Waals surface area contributed by atoms with Crippen LogP contribution >= 0.6 is 0 Å². The molecule has 1 N–H and O–H groups in total. The van der Waals surface area contributed by atoms with Crippen molar-refractivity contribution in [2.45, 2.75) is 38.7 Å². The Labute approximate surface area is 148 Å². The molecule has 0 radical (unpaired) electrons. The highest BCUT2D eigenvalue weighted by Crippen LogP contribution is 2.23. The van der Waals surface area contributed by atoms with E-state index in [1.54, 1.807) is 6.08 Å². The second-order valence-electron chi connectivity index (χ2n) is 6.98. The molecule has 0 aliphatic carbocycles. The van der Waals surface area contributed by atoms with E-state index in [1.807, 2.05) is 47.1 Å². The molecule has 1 atom stereocenters. The highest BCUT2D eigenvalue weighted by Gasteiger charge is 2.24. The van der Waals surface area contributed by atoms with Gasteiger partial charge in [-0.15, -0.1) is 0 Å². The summed E-state index contributed by atoms with van der Waals surface area (Å²) in [5.74, 6) is 0.496. The van der Waals surface area contributed by atoms with Crippen molar-refractivity contribution < 1.29 is 14.7 Å². The van der Waals surface area contributed by atoms with Crippen LogP contribution in [-0.2, 0) is 9.59 Å². The molecule has 1 aromatic carbocycles. The van der Waals surface area contributed by atoms with Gasteiger partial charge < -0.3 is 14.9 Å². The summed E-state index contributed by atoms with van der Waals surface area (Å²) in [5.41, 5.74) is 1.87. The van der Waals surface area contributed by atoms with Crippen molar-refractivity contribution >= 4 is 23.6 Å². The summed E-state index contributed by atoms with van der Waals surface area (Å²) in [4.78, 5) is 27.7. The van der Waals surface area contributed by atoms with E-state index in [4.69, 9.17) is 0 Å². The number of carbonyl (C=O) groups is 2. The Morgan fingerprint density at radius 3 is 2.44 bits per heavy atom. The van der Waals surface area contributed by atoms with Gasteiger partial charge in [-0.25, -0.2) is 0 Å². The lowest BCUT2D eigenvalue weighted by molar-refractivity contribution is -0.127. The van der Waals surface area contributed by atoms with Crippen LogP contribution < -0.4 is 4.90 Å². The second kappa shape index (κ2) is 7.83. The molecule has 3 rings (SSSR count). The number of aliphatic hydroxyl groups is 1. The highest BCUT2D eigenvalue weighted by atomic mass is 16.3. The molecule has 0 aromatic heterocycles. The largest absolute Gasteiger partial charge is 0.393 e. The number of piperidine rings is 1. The van der Waals surface area contributed by atoms with Crippen LogP contribution in [0.15, 0.2) is 30.3 Å². The Kier molecular flexibility index (Phi) is 5.53. The molecule has 2 fully saturated rings. The lowest BCUT2D eigenvalue weighted by atomic mass is 9.92. The van der Waals surface area contributed by atoms with Crippen molar-refractivity contribution in [3.8, 4) is 0 Å². The zero-order valence-corrected chi connectivity index (χ0v) is 14.7. The zero-order chi connectivity index (χ0) is 17.8. The van der Waals surface area contributed by atoms with E-state index in [-0.39, 0.29) is 17.9 Å². The number of likely N-dealkylation sites (tertiary alicyclic amines) is 1. The number of hydrogen-bond donors (Lipinski definition) is 1. The van der Waals surface area contributed by atoms with Crippen LogP contribution in [0.1, 0.15) is 38.2 Å². The van der Waals surface area contributed by atoms with E-state index >= 15 is 0 Å². The first kappa shape index (κ1) is 17.7. The summed E-state index contributed by atoms with van der Waals surface area (Å²) in [6.07, 6.45) is 6.39. The summed E-state index contributed by atoms with van der Waals surface area (Å²) >= 11 is 0. The van der Waals surface area contributed by atoms with Crippen molar-refractivity contribution in [1.82, 2.24) is 4.90 Å². The number of anilines is 1. The Balaban J connectivity index is 1.55. The molecule has 2 amide bonds. The lowest BCUT2D eigenvalue weighted by Crippen LogP contribution is -2.39. The molecule has 2 aliphatic rings. The fraction of sp³-hybridized carbons (Fsp3) is 0.500. The van der Waals surface area contributed by atoms with Crippen molar-refractivity contribution in [3.05, 3.63) is 35.9 Å². The van der Waals surface area contributed by atoms with Crippen molar-refractivity contribution in [2.24, 2.45) is 5.92 Å². The van der Waals surface area contributed by atoms with Crippen LogP contribution in [0, 0.1) is 5.92 Å². The standard InChI is InChI=1S/C20H26N2O3/c1-15(23)17-10-13-21(14-11-17)19(24)9-6-16-4-7-18(8-5-16)22-12-2-3-20(22)25/h4-9,15,17,23H,2-3,10-14H2,1H3. The van der Waals surface area contributed by atoms with Gasteiger partial charge in [-0.05, 0) is 55.9 Å². The van der Waals surface area contributed by atoms with Gasteiger partial charge in [0.25, 0.3) is 0 Å². The van der Waals surface area contributed by atoms with Gasteiger partial charge >= 0.3 is 0 Å². The monoisotopic (exact) mass is 342 g/mol. The van der Waals surface area contributed by atoms with E-state index in [0.29, 0.717) is 25.4 Å². The molecule has 1 unspecified atom stereocenters. The number of carbonyl (C=O) groups excluding carboxylic acids is 2. The van der Waals surface area contributed by atoms with E-state index < -0.39 is 0 Å². The molecule has 5 heteroatoms. The van der Waals surface area contributed by atoms with E-state index in [9.17, 15) is 14.7 Å². The molecule has 2 aliphatic heterocycles. The molecule has 0 saturated carbocycles. The number of hydrogen-bond acceptors (Lipinski definition) is 3. The summed E-state index contributed by atoms with van der Waals surface area (Å²) in [5, 5.41) is 9.63. The fourth-order valence-corrected chi connectivity index (χ4v) is 3.56. The minimum Gasteiger partial charge on any atom is -0.393 e. The van der Waals surface area contributed by atoms with Gasteiger partial charge in [0.1, 0.15) is 0 Å². The third-order valence-electron chi connectivity index (χ3n) is 5.23. The van der Waals surface area contributed by atoms with Crippen LogP contribution in [-0.4, -0.2) is 47.6 Å². The van der Waals surface area contributed by atoms with Crippen LogP contribution in [0.25, 0.3) is 6.08 Å². The number of rotatable bonds is 4. The summed E-state index contributed by atoms with van der Waals surface area (Å²) in [7, 11) is 0. The summed E-state index contributed by atoms with van der Waals surface area (Å²) in [6, 6.07) is 7.73. The smallest absolute Gasteiger partial charge is 0.246 e. The molecular formula is C20H26N2O3. The molecule has 5 nitrogen and oxygen atoms in total. The summed E-state index contributed by atoms with van der Waals surface area (Å²) in [6.45, 7) is 4.01. The first-order chi connectivity index (χ1) is 12.0. The van der Waals surface area contributed by atoms with Gasteiger partial charge in [-0.2, -0.15) is 0 Å². The van der Waals surface area contributed by atoms with Crippen LogP contribution in [0.4, 0.5) is 5.69 Å². The van der Waals surface area contributed by atoms with E-state index in [1.165, 1.54) is 0 Å². The quantitative estimate of drug-likeness (QED) is 0.855. The molecule has 1 aromatic rings. The van der Waals surface area contributed by atoms with Crippen LogP contribution in [0.3, 0.4) is 0 Å². The highest BCUT2D eigenvalue weighted by molar-refractivity contribution is 5.95. The average Bonchev–Trinajstić information content (AvgIpc) is 3.06. The molecule has 25 heavy (non-hydrogen) atoms. The van der Waals surface area contributed by atoms with E-state index in [0.717, 1.165) is 37.1 Å². The summed E-state index contributed by atoms with van der Waals surface area (Å²) < 4.78 is 0. The fourth-order valence-electron chi connectivity index (χ4n) is 3.56. The molecule has 0 bridgehead atoms. The van der Waals surface area contributed by atoms with Gasteiger partial charge in [-0.1, -0.05) is 12.1 Å². The maximum atomic E-state index is 12.3. The Hall–Kier alpha value is -2.14. The first-order valence-corrected chi connectivity index (χ1v) is 9.10. The van der Waals surface area contributed by atoms with Crippen molar-refractivity contribution in [2.75, 3.05) is 24.5 Å². The van der Waals surface area contributed by atoms with Gasteiger partial charge in [0, 0.05) is 37.8 Å². The van der Waals surface area contributed by atoms with Gasteiger partial charge in [0.15, 0.2) is 0 Å². The maximum Gasteiger partial charge on any atom is 0.246 e. The van der Waals surface area contributed by atoms with Crippen LogP contribution in [0.2, 0.25) is 0 Å². The number of amides is 2. The van der Waals surface area contributed by atoms with Crippen LogP contribution in [0.5, 0.6) is 0 Å². The van der Waals surface area contributed by atoms with Crippen molar-refractivity contribution in [1.29, 1.82) is 0 Å². The predicted molar refractivity (Wildman–Crippen MR) is 98.0 cm³/mol. The molecule has 0 spiro atoms. The SMILES string of the molecule is CC(O)C1CCN(C(=O)C=Cc2ccc(N3CCCC3=O)cc2)CC1. The molecule has 2 saturated heterocycles. The van der Waals surface area contributed by atoms with Gasteiger partial charge in [0.05, 0.1) is 6.10 Å². The Bertz CT molecular complexity index is 643. The second-order valence-corrected chi connectivity index (χ2v) is 6.98. The first-order valence-electron chi connectivity index (χ1n) is 9.10. The zero-order valence-electron chi connectivity index (χ0n) is 14.7. The molecular weight excluding hydrogens is 316 g/mol. The number of aliphatic hydroxyl groups excluding tert-OH is 1. The third-order valence-corrected chi connectivity index (χ3v) is 5.23. The minimum absolute atomic E-state index is 0.0165. The minimum atomic E-state index is -0.297.